The lowest BCUT2D eigenvalue weighted by molar-refractivity contribution is -0.384. The van der Waals surface area contributed by atoms with Crippen molar-refractivity contribution < 1.29 is 29.1 Å². The van der Waals surface area contributed by atoms with Gasteiger partial charge < -0.3 is 19.5 Å². The van der Waals surface area contributed by atoms with Crippen LogP contribution in [0.1, 0.15) is 31.0 Å². The number of amides is 1. The van der Waals surface area contributed by atoms with Gasteiger partial charge in [0.15, 0.2) is 0 Å². The summed E-state index contributed by atoms with van der Waals surface area (Å²) in [6, 6.07) is 11.4. The van der Waals surface area contributed by atoms with Crippen LogP contribution in [0.15, 0.2) is 54.1 Å². The molecule has 2 aliphatic heterocycles. The fraction of sp³-hybridized carbons (Fsp3) is 0.385. The van der Waals surface area contributed by atoms with Crippen LogP contribution in [0, 0.1) is 10.1 Å². The van der Waals surface area contributed by atoms with Crippen LogP contribution in [0.3, 0.4) is 0 Å². The second kappa shape index (κ2) is 10.9. The standard InChI is InChI=1S/C26H29N3O7/c1-17(2)36-21-8-6-18(7-9-21)24(30)22-23(19-4-3-5-20(16-19)29(33)34)28(26(32)25(22)31)11-10-27-12-14-35-15-13-27/h3-9,16-17,23,30H,10-15H2,1-2H3. The maximum atomic E-state index is 13.2. The normalized spacial score (nSPS) is 20.2. The van der Waals surface area contributed by atoms with E-state index in [-0.39, 0.29) is 29.7 Å². The van der Waals surface area contributed by atoms with Crippen molar-refractivity contribution in [2.45, 2.75) is 26.0 Å². The van der Waals surface area contributed by atoms with E-state index in [0.717, 1.165) is 0 Å². The van der Waals surface area contributed by atoms with Crippen molar-refractivity contribution in [3.8, 4) is 5.75 Å². The summed E-state index contributed by atoms with van der Waals surface area (Å²) in [6.07, 6.45) is -0.0323. The van der Waals surface area contributed by atoms with E-state index >= 15 is 0 Å². The number of hydrogen-bond donors (Lipinski definition) is 1. The van der Waals surface area contributed by atoms with Gasteiger partial charge in [0.2, 0.25) is 0 Å². The van der Waals surface area contributed by atoms with Gasteiger partial charge in [-0.1, -0.05) is 12.1 Å². The summed E-state index contributed by atoms with van der Waals surface area (Å²) in [5, 5.41) is 22.6. The Morgan fingerprint density at radius 3 is 2.47 bits per heavy atom. The molecule has 1 N–H and O–H groups in total. The number of hydrogen-bond acceptors (Lipinski definition) is 8. The molecule has 4 rings (SSSR count). The molecule has 1 unspecified atom stereocenters. The number of likely N-dealkylation sites (tertiary alicyclic amines) is 1. The zero-order chi connectivity index (χ0) is 25.8. The Hall–Kier alpha value is -3.76. The molecule has 10 heteroatoms. The lowest BCUT2D eigenvalue weighted by Crippen LogP contribution is -2.42. The number of nitro groups is 1. The highest BCUT2D eigenvalue weighted by Gasteiger charge is 2.46. The first kappa shape index (κ1) is 25.3. The van der Waals surface area contributed by atoms with Crippen LogP contribution in [0.25, 0.3) is 5.76 Å². The van der Waals surface area contributed by atoms with Crippen LogP contribution in [0.5, 0.6) is 5.75 Å². The Balaban J connectivity index is 1.73. The molecule has 2 saturated heterocycles. The van der Waals surface area contributed by atoms with E-state index in [1.54, 1.807) is 30.3 Å². The Morgan fingerprint density at radius 1 is 1.14 bits per heavy atom. The summed E-state index contributed by atoms with van der Waals surface area (Å²) in [6.45, 7) is 7.09. The van der Waals surface area contributed by atoms with Crippen LogP contribution < -0.4 is 4.74 Å². The monoisotopic (exact) mass is 495 g/mol. The van der Waals surface area contributed by atoms with E-state index in [9.17, 15) is 24.8 Å². The Bertz CT molecular complexity index is 1170. The van der Waals surface area contributed by atoms with Gasteiger partial charge in [0.1, 0.15) is 11.5 Å². The minimum atomic E-state index is -0.961. The molecular weight excluding hydrogens is 466 g/mol. The van der Waals surface area contributed by atoms with Gasteiger partial charge in [-0.15, -0.1) is 0 Å². The second-order valence-corrected chi connectivity index (χ2v) is 8.99. The van der Waals surface area contributed by atoms with Gasteiger partial charge in [-0.25, -0.2) is 0 Å². The number of morpholine rings is 1. The SMILES string of the molecule is CC(C)Oc1ccc(C(O)=C2C(=O)C(=O)N(CCN3CCOCC3)C2c2cccc([N+](=O)[O-])c2)cc1. The summed E-state index contributed by atoms with van der Waals surface area (Å²) < 4.78 is 11.0. The lowest BCUT2D eigenvalue weighted by Gasteiger charge is -2.31. The number of carbonyl (C=O) groups is 2. The molecule has 2 heterocycles. The van der Waals surface area contributed by atoms with Gasteiger partial charge in [0.25, 0.3) is 17.4 Å². The van der Waals surface area contributed by atoms with E-state index in [2.05, 4.69) is 4.90 Å². The number of Topliss-reactive ketones (excluding diaryl/α,β-unsaturated/α-hetero) is 1. The van der Waals surface area contributed by atoms with Gasteiger partial charge in [0.05, 0.1) is 35.9 Å². The van der Waals surface area contributed by atoms with Crippen LogP contribution in [-0.2, 0) is 14.3 Å². The van der Waals surface area contributed by atoms with Crippen molar-refractivity contribution >= 4 is 23.1 Å². The molecule has 2 aromatic rings. The molecule has 10 nitrogen and oxygen atoms in total. The van der Waals surface area contributed by atoms with Crippen molar-refractivity contribution in [1.29, 1.82) is 0 Å². The second-order valence-electron chi connectivity index (χ2n) is 8.99. The molecule has 36 heavy (non-hydrogen) atoms. The fourth-order valence-corrected chi connectivity index (χ4v) is 4.46. The number of aliphatic hydroxyl groups excluding tert-OH is 1. The van der Waals surface area contributed by atoms with Crippen LogP contribution in [-0.4, -0.2) is 77.0 Å². The molecule has 0 spiro atoms. The average molecular weight is 496 g/mol. The number of aliphatic hydroxyl groups is 1. The quantitative estimate of drug-likeness (QED) is 0.195. The van der Waals surface area contributed by atoms with E-state index in [4.69, 9.17) is 9.47 Å². The van der Waals surface area contributed by atoms with Crippen molar-refractivity contribution in [1.82, 2.24) is 9.80 Å². The van der Waals surface area contributed by atoms with Crippen molar-refractivity contribution in [2.24, 2.45) is 0 Å². The summed E-state index contributed by atoms with van der Waals surface area (Å²) in [5.74, 6) is -1.31. The van der Waals surface area contributed by atoms with Crippen molar-refractivity contribution in [3.05, 3.63) is 75.3 Å². The number of benzene rings is 2. The number of ketones is 1. The fourth-order valence-electron chi connectivity index (χ4n) is 4.46. The van der Waals surface area contributed by atoms with Gasteiger partial charge >= 0.3 is 0 Å². The lowest BCUT2D eigenvalue weighted by atomic mass is 9.95. The molecule has 1 amide bonds. The van der Waals surface area contributed by atoms with Crippen LogP contribution in [0.2, 0.25) is 0 Å². The number of carbonyl (C=O) groups excluding carboxylic acids is 2. The molecule has 0 aromatic heterocycles. The minimum absolute atomic E-state index is 0.0323. The first-order valence-corrected chi connectivity index (χ1v) is 11.9. The Morgan fingerprint density at radius 2 is 1.83 bits per heavy atom. The third-order valence-corrected chi connectivity index (χ3v) is 6.20. The van der Waals surface area contributed by atoms with E-state index in [0.29, 0.717) is 49.7 Å². The number of rotatable bonds is 8. The third kappa shape index (κ3) is 5.39. The van der Waals surface area contributed by atoms with Gasteiger partial charge in [0, 0.05) is 43.9 Å². The molecule has 2 aromatic carbocycles. The summed E-state index contributed by atoms with van der Waals surface area (Å²) in [7, 11) is 0. The number of nitro benzene ring substituents is 1. The smallest absolute Gasteiger partial charge is 0.295 e. The number of ether oxygens (including phenoxy) is 2. The Kier molecular flexibility index (Phi) is 7.66. The molecule has 0 bridgehead atoms. The van der Waals surface area contributed by atoms with E-state index in [1.165, 1.54) is 23.1 Å². The van der Waals surface area contributed by atoms with Gasteiger partial charge in [-0.2, -0.15) is 0 Å². The largest absolute Gasteiger partial charge is 0.507 e. The molecule has 1 atom stereocenters. The zero-order valence-corrected chi connectivity index (χ0v) is 20.3. The highest BCUT2D eigenvalue weighted by atomic mass is 16.6. The molecule has 0 aliphatic carbocycles. The van der Waals surface area contributed by atoms with Gasteiger partial charge in [-0.05, 0) is 43.7 Å². The van der Waals surface area contributed by atoms with E-state index in [1.807, 2.05) is 13.8 Å². The topological polar surface area (TPSA) is 122 Å². The average Bonchev–Trinajstić information content (AvgIpc) is 3.12. The molecular formula is C26H29N3O7. The highest BCUT2D eigenvalue weighted by molar-refractivity contribution is 6.46. The van der Waals surface area contributed by atoms with Crippen molar-refractivity contribution in [2.75, 3.05) is 39.4 Å². The zero-order valence-electron chi connectivity index (χ0n) is 20.3. The number of nitrogens with zero attached hydrogens (tertiary/aromatic N) is 3. The minimum Gasteiger partial charge on any atom is -0.507 e. The summed E-state index contributed by atoms with van der Waals surface area (Å²) >= 11 is 0. The molecule has 190 valence electrons. The predicted molar refractivity (Wildman–Crippen MR) is 132 cm³/mol. The van der Waals surface area contributed by atoms with E-state index < -0.39 is 22.7 Å². The molecule has 2 fully saturated rings. The number of non-ortho nitro benzene ring substituents is 1. The summed E-state index contributed by atoms with van der Waals surface area (Å²) in [5.41, 5.74) is 0.459. The predicted octanol–water partition coefficient (Wildman–Crippen LogP) is 3.14. The third-order valence-electron chi connectivity index (χ3n) is 6.20. The first-order valence-electron chi connectivity index (χ1n) is 11.9. The highest BCUT2D eigenvalue weighted by Crippen LogP contribution is 2.40. The maximum absolute atomic E-state index is 13.2. The first-order chi connectivity index (χ1) is 17.3. The van der Waals surface area contributed by atoms with Crippen LogP contribution in [0.4, 0.5) is 5.69 Å². The summed E-state index contributed by atoms with van der Waals surface area (Å²) in [4.78, 5) is 40.7. The van der Waals surface area contributed by atoms with Crippen molar-refractivity contribution in [3.63, 3.8) is 0 Å². The maximum Gasteiger partial charge on any atom is 0.295 e. The molecule has 0 saturated carbocycles. The van der Waals surface area contributed by atoms with Crippen LogP contribution >= 0.6 is 0 Å². The van der Waals surface area contributed by atoms with Gasteiger partial charge in [-0.3, -0.25) is 24.6 Å². The molecule has 2 aliphatic rings. The Labute approximate surface area is 208 Å². The molecule has 0 radical (unpaired) electrons.